The van der Waals surface area contributed by atoms with E-state index in [4.69, 9.17) is 5.11 Å². The lowest BCUT2D eigenvalue weighted by Crippen LogP contribution is -2.03. The van der Waals surface area contributed by atoms with Gasteiger partial charge in [-0.05, 0) is 18.2 Å². The van der Waals surface area contributed by atoms with Crippen LogP contribution in [0, 0.1) is 0 Å². The first-order valence-corrected chi connectivity index (χ1v) is 5.25. The molecule has 0 heterocycles. The van der Waals surface area contributed by atoms with Gasteiger partial charge in [-0.25, -0.2) is 4.79 Å². The molecule has 1 rings (SSSR count). The van der Waals surface area contributed by atoms with Crippen molar-refractivity contribution in [2.24, 2.45) is 0 Å². The third-order valence-electron chi connectivity index (χ3n) is 1.33. The molecule has 0 aliphatic heterocycles. The number of aromatic carboxylic acids is 1. The maximum atomic E-state index is 12.1. The Hall–Kier alpha value is -1.28. The Morgan fingerprint density at radius 2 is 2.00 bits per heavy atom. The summed E-state index contributed by atoms with van der Waals surface area (Å²) in [6.07, 6.45) is 0. The average Bonchev–Trinajstić information content (AvgIpc) is 1.99. The molecule has 0 fully saturated rings. The molecule has 0 aromatic heterocycles. The molecule has 8 heteroatoms. The number of thiol groups is 1. The molecule has 1 aromatic rings. The number of rotatable bonds is 3. The van der Waals surface area contributed by atoms with Gasteiger partial charge in [-0.3, -0.25) is 0 Å². The van der Waals surface area contributed by atoms with Gasteiger partial charge in [-0.1, -0.05) is 3.89 Å². The molecular weight excluding hydrogens is 247 g/mol. The molecule has 0 saturated carbocycles. The lowest BCUT2D eigenvalue weighted by atomic mass is 10.2. The molecule has 5 nitrogen and oxygen atoms in total. The normalized spacial score (nSPS) is 11.1. The summed E-state index contributed by atoms with van der Waals surface area (Å²) in [6, 6.07) is 3.12. The lowest BCUT2D eigenvalue weighted by molar-refractivity contribution is 0.0696. The number of benzene rings is 1. The Bertz CT molecular complexity index is 496. The number of halogens is 1. The van der Waals surface area contributed by atoms with Gasteiger partial charge in [-0.2, -0.15) is 8.42 Å². The molecule has 0 spiro atoms. The second kappa shape index (κ2) is 4.07. The monoisotopic (exact) mass is 252 g/mol. The van der Waals surface area contributed by atoms with Crippen molar-refractivity contribution in [1.29, 1.82) is 0 Å². The molecule has 0 radical (unpaired) electrons. The van der Waals surface area contributed by atoms with Crippen LogP contribution >= 0.6 is 12.6 Å². The van der Waals surface area contributed by atoms with E-state index in [0.29, 0.717) is 0 Å². The summed E-state index contributed by atoms with van der Waals surface area (Å²) < 4.78 is 36.2. The molecule has 0 amide bonds. The first-order chi connectivity index (χ1) is 6.78. The fourth-order valence-electron chi connectivity index (χ4n) is 0.870. The van der Waals surface area contributed by atoms with Gasteiger partial charge in [0.25, 0.3) is 0 Å². The minimum atomic E-state index is -5.16. The third kappa shape index (κ3) is 3.76. The van der Waals surface area contributed by atoms with Crippen LogP contribution in [0.2, 0.25) is 0 Å². The highest BCUT2D eigenvalue weighted by Crippen LogP contribution is 2.21. The Morgan fingerprint density at radius 1 is 1.40 bits per heavy atom. The van der Waals surface area contributed by atoms with Gasteiger partial charge in [-0.15, -0.1) is 12.6 Å². The zero-order valence-electron chi connectivity index (χ0n) is 7.05. The predicted octanol–water partition coefficient (Wildman–Crippen LogP) is 1.27. The molecule has 1 N–H and O–H groups in total. The minimum absolute atomic E-state index is 0.147. The summed E-state index contributed by atoms with van der Waals surface area (Å²) in [6.45, 7) is 0. The first-order valence-electron chi connectivity index (χ1n) is 3.49. The van der Waals surface area contributed by atoms with Crippen molar-refractivity contribution in [3.63, 3.8) is 0 Å². The Labute approximate surface area is 90.3 Å². The van der Waals surface area contributed by atoms with Crippen LogP contribution in [0.4, 0.5) is 3.89 Å². The van der Waals surface area contributed by atoms with Gasteiger partial charge in [0.15, 0.2) is 0 Å². The van der Waals surface area contributed by atoms with E-state index in [-0.39, 0.29) is 10.5 Å². The van der Waals surface area contributed by atoms with Gasteiger partial charge < -0.3 is 9.29 Å². The van der Waals surface area contributed by atoms with Crippen LogP contribution in [0.15, 0.2) is 23.1 Å². The molecule has 0 unspecified atom stereocenters. The third-order valence-corrected chi connectivity index (χ3v) is 1.98. The van der Waals surface area contributed by atoms with Gasteiger partial charge in [0.05, 0.1) is 5.56 Å². The summed E-state index contributed by atoms with van der Waals surface area (Å²) in [5, 5.41) is 8.60. The topological polar surface area (TPSA) is 80.7 Å². The van der Waals surface area contributed by atoms with E-state index >= 15 is 0 Å². The van der Waals surface area contributed by atoms with Crippen LogP contribution in [0.3, 0.4) is 0 Å². The fourth-order valence-corrected chi connectivity index (χ4v) is 1.46. The van der Waals surface area contributed by atoms with E-state index in [0.717, 1.165) is 12.1 Å². The van der Waals surface area contributed by atoms with Gasteiger partial charge in [0.2, 0.25) is 0 Å². The number of carboxylic acid groups (broad SMARTS) is 1. The molecule has 0 bridgehead atoms. The van der Waals surface area contributed by atoms with Crippen molar-refractivity contribution in [1.82, 2.24) is 0 Å². The summed E-state index contributed by atoms with van der Waals surface area (Å²) in [7, 11) is -5.16. The van der Waals surface area contributed by atoms with E-state index < -0.39 is 22.2 Å². The van der Waals surface area contributed by atoms with E-state index in [9.17, 15) is 17.1 Å². The largest absolute Gasteiger partial charge is 0.488 e. The zero-order chi connectivity index (χ0) is 11.6. The second-order valence-corrected chi connectivity index (χ2v) is 3.97. The standard InChI is InChI=1S/C7H5FO5S2/c8-15(11,12)13-5-1-4(7(9)10)2-6(14)3-5/h1-3,14H,(H,9,10). The number of carbonyl (C=O) groups is 1. The van der Waals surface area contributed by atoms with E-state index in [1.807, 2.05) is 0 Å². The smallest absolute Gasteiger partial charge is 0.478 e. The Kier molecular flexibility index (Phi) is 3.20. The fraction of sp³-hybridized carbons (Fsp3) is 0. The molecule has 1 aromatic carbocycles. The number of hydrogen-bond acceptors (Lipinski definition) is 5. The molecule has 0 atom stereocenters. The van der Waals surface area contributed by atoms with Crippen LogP contribution in [0.5, 0.6) is 5.75 Å². The molecule has 0 aliphatic rings. The van der Waals surface area contributed by atoms with Crippen LogP contribution in [0.1, 0.15) is 10.4 Å². The summed E-state index contributed by atoms with van der Waals surface area (Å²) in [4.78, 5) is 10.7. The van der Waals surface area contributed by atoms with Gasteiger partial charge in [0, 0.05) is 4.90 Å². The van der Waals surface area contributed by atoms with Crippen LogP contribution < -0.4 is 4.18 Å². The van der Waals surface area contributed by atoms with Crippen LogP contribution in [-0.4, -0.2) is 19.5 Å². The van der Waals surface area contributed by atoms with Crippen molar-refractivity contribution >= 4 is 29.1 Å². The van der Waals surface area contributed by atoms with Crippen molar-refractivity contribution in [2.45, 2.75) is 4.90 Å². The van der Waals surface area contributed by atoms with Crippen molar-refractivity contribution in [3.8, 4) is 5.75 Å². The Morgan fingerprint density at radius 3 is 2.47 bits per heavy atom. The minimum Gasteiger partial charge on any atom is -0.478 e. The highest BCUT2D eigenvalue weighted by atomic mass is 32.3. The molecule has 15 heavy (non-hydrogen) atoms. The molecule has 0 saturated heterocycles. The van der Waals surface area contributed by atoms with E-state index in [1.54, 1.807) is 0 Å². The highest BCUT2D eigenvalue weighted by Gasteiger charge is 2.13. The Balaban J connectivity index is 3.15. The lowest BCUT2D eigenvalue weighted by Gasteiger charge is -2.02. The summed E-state index contributed by atoms with van der Waals surface area (Å²) in [5.41, 5.74) is -0.249. The predicted molar refractivity (Wildman–Crippen MR) is 51.3 cm³/mol. The molecule has 0 aliphatic carbocycles. The van der Waals surface area contributed by atoms with Crippen LogP contribution in [0.25, 0.3) is 0 Å². The first kappa shape index (κ1) is 11.8. The average molecular weight is 252 g/mol. The summed E-state index contributed by atoms with van der Waals surface area (Å²) >= 11 is 3.81. The maximum Gasteiger partial charge on any atom is 0.488 e. The van der Waals surface area contributed by atoms with E-state index in [1.165, 1.54) is 6.07 Å². The second-order valence-electron chi connectivity index (χ2n) is 2.50. The SMILES string of the molecule is O=C(O)c1cc(S)cc(OS(=O)(=O)F)c1. The quantitative estimate of drug-likeness (QED) is 0.625. The van der Waals surface area contributed by atoms with Crippen molar-refractivity contribution in [3.05, 3.63) is 23.8 Å². The summed E-state index contributed by atoms with van der Waals surface area (Å²) in [5.74, 6) is -1.74. The number of hydrogen-bond donors (Lipinski definition) is 2. The van der Waals surface area contributed by atoms with Crippen molar-refractivity contribution < 1.29 is 26.4 Å². The highest BCUT2D eigenvalue weighted by molar-refractivity contribution is 7.81. The van der Waals surface area contributed by atoms with Crippen LogP contribution in [-0.2, 0) is 10.5 Å². The molecule has 82 valence electrons. The van der Waals surface area contributed by atoms with Crippen molar-refractivity contribution in [2.75, 3.05) is 0 Å². The maximum absolute atomic E-state index is 12.1. The zero-order valence-corrected chi connectivity index (χ0v) is 8.76. The van der Waals surface area contributed by atoms with E-state index in [2.05, 4.69) is 16.8 Å². The molecular formula is C7H5FO5S2. The van der Waals surface area contributed by atoms with Gasteiger partial charge in [0.1, 0.15) is 5.75 Å². The number of carboxylic acids is 1. The van der Waals surface area contributed by atoms with Gasteiger partial charge >= 0.3 is 16.5 Å².